The number of halogens is 1. The van der Waals surface area contributed by atoms with Crippen molar-refractivity contribution in [3.8, 4) is 11.5 Å². The molecule has 25 heavy (non-hydrogen) atoms. The molecule has 0 amide bonds. The Labute approximate surface area is 150 Å². The Hall–Kier alpha value is -3.04. The minimum atomic E-state index is 0.691. The second kappa shape index (κ2) is 6.83. The number of nitrogens with one attached hydrogen (secondary N) is 1. The molecule has 0 unspecified atom stereocenters. The fourth-order valence-corrected chi connectivity index (χ4v) is 2.65. The summed E-state index contributed by atoms with van der Waals surface area (Å²) in [6.45, 7) is 0. The molecular weight excluding hydrogens is 332 g/mol. The summed E-state index contributed by atoms with van der Waals surface area (Å²) in [7, 11) is 0. The number of H-pyrrole nitrogens is 1. The van der Waals surface area contributed by atoms with Crippen LogP contribution in [0, 0.1) is 0 Å². The summed E-state index contributed by atoms with van der Waals surface area (Å²) in [4.78, 5) is 7.72. The molecule has 0 radical (unpaired) electrons. The zero-order valence-electron chi connectivity index (χ0n) is 13.3. The van der Waals surface area contributed by atoms with Gasteiger partial charge in [-0.15, -0.1) is 0 Å². The van der Waals surface area contributed by atoms with Crippen LogP contribution in [0.25, 0.3) is 10.9 Å². The predicted octanol–water partition coefficient (Wildman–Crippen LogP) is 6.36. The topological polar surface area (TPSA) is 37.4 Å². The summed E-state index contributed by atoms with van der Waals surface area (Å²) in [6.07, 6.45) is 3.77. The summed E-state index contributed by atoms with van der Waals surface area (Å²) in [5.41, 5.74) is 3.01. The lowest BCUT2D eigenvalue weighted by atomic mass is 10.2. The quantitative estimate of drug-likeness (QED) is 0.428. The average molecular weight is 347 g/mol. The van der Waals surface area contributed by atoms with Gasteiger partial charge in [-0.2, -0.15) is 0 Å². The molecule has 1 heterocycles. The number of fused-ring (bicyclic) bond motifs is 1. The number of nitrogens with zero attached hydrogens (tertiary/aromatic N) is 1. The number of ether oxygens (including phenoxy) is 1. The van der Waals surface area contributed by atoms with E-state index in [1.54, 1.807) is 12.1 Å². The highest BCUT2D eigenvalue weighted by atomic mass is 35.5. The molecule has 0 aliphatic rings. The van der Waals surface area contributed by atoms with Crippen LogP contribution in [0.15, 0.2) is 84.0 Å². The third-order valence-electron chi connectivity index (χ3n) is 3.83. The molecule has 0 aliphatic carbocycles. The maximum Gasteiger partial charge on any atom is 0.127 e. The first-order chi connectivity index (χ1) is 12.3. The summed E-state index contributed by atoms with van der Waals surface area (Å²) in [5.74, 6) is 1.53. The van der Waals surface area contributed by atoms with Gasteiger partial charge in [0, 0.05) is 23.0 Å². The molecule has 1 aromatic heterocycles. The first-order valence-corrected chi connectivity index (χ1v) is 8.29. The molecule has 3 aromatic carbocycles. The summed E-state index contributed by atoms with van der Waals surface area (Å²) in [6, 6.07) is 23.2. The average Bonchev–Trinajstić information content (AvgIpc) is 3.11. The number of aromatic amines is 1. The van der Waals surface area contributed by atoms with Gasteiger partial charge < -0.3 is 9.72 Å². The molecule has 122 valence electrons. The zero-order chi connectivity index (χ0) is 17.1. The Morgan fingerprint density at radius 2 is 1.56 bits per heavy atom. The van der Waals surface area contributed by atoms with Gasteiger partial charge in [-0.25, -0.2) is 0 Å². The van der Waals surface area contributed by atoms with Crippen molar-refractivity contribution in [3.63, 3.8) is 0 Å². The molecule has 0 fully saturated rings. The van der Waals surface area contributed by atoms with Crippen LogP contribution in [0.2, 0.25) is 5.02 Å². The van der Waals surface area contributed by atoms with E-state index in [-0.39, 0.29) is 0 Å². The van der Waals surface area contributed by atoms with Crippen molar-refractivity contribution in [1.29, 1.82) is 0 Å². The van der Waals surface area contributed by atoms with Gasteiger partial charge in [0.1, 0.15) is 11.5 Å². The van der Waals surface area contributed by atoms with Gasteiger partial charge in [-0.3, -0.25) is 4.99 Å². The molecular formula is C21H15ClN2O. The fraction of sp³-hybridized carbons (Fsp3) is 0. The van der Waals surface area contributed by atoms with Crippen LogP contribution in [0.4, 0.5) is 5.69 Å². The molecule has 3 nitrogen and oxygen atoms in total. The number of benzene rings is 3. The third-order valence-corrected chi connectivity index (χ3v) is 4.08. The smallest absolute Gasteiger partial charge is 0.127 e. The lowest BCUT2D eigenvalue weighted by molar-refractivity contribution is 0.482. The number of rotatable bonds is 4. The first kappa shape index (κ1) is 15.5. The molecule has 1 N–H and O–H groups in total. The number of hydrogen-bond donors (Lipinski definition) is 1. The highest BCUT2D eigenvalue weighted by molar-refractivity contribution is 6.30. The van der Waals surface area contributed by atoms with Crippen molar-refractivity contribution in [1.82, 2.24) is 4.98 Å². The Kier molecular flexibility index (Phi) is 4.23. The Morgan fingerprint density at radius 1 is 0.840 bits per heavy atom. The van der Waals surface area contributed by atoms with Crippen LogP contribution in [-0.2, 0) is 0 Å². The third kappa shape index (κ3) is 3.73. The zero-order valence-corrected chi connectivity index (χ0v) is 14.1. The number of aromatic nitrogens is 1. The molecule has 0 saturated carbocycles. The molecule has 0 saturated heterocycles. The molecule has 0 spiro atoms. The highest BCUT2D eigenvalue weighted by Crippen LogP contribution is 2.23. The van der Waals surface area contributed by atoms with Crippen molar-refractivity contribution in [3.05, 3.63) is 89.6 Å². The lowest BCUT2D eigenvalue weighted by Crippen LogP contribution is -1.85. The second-order valence-corrected chi connectivity index (χ2v) is 6.07. The summed E-state index contributed by atoms with van der Waals surface area (Å²) in [5, 5.41) is 1.87. The van der Waals surface area contributed by atoms with E-state index in [1.807, 2.05) is 67.0 Å². The largest absolute Gasteiger partial charge is 0.457 e. The van der Waals surface area contributed by atoms with E-state index in [0.29, 0.717) is 5.02 Å². The first-order valence-electron chi connectivity index (χ1n) is 7.91. The van der Waals surface area contributed by atoms with Gasteiger partial charge in [-0.1, -0.05) is 17.7 Å². The van der Waals surface area contributed by atoms with Crippen molar-refractivity contribution in [2.24, 2.45) is 4.99 Å². The SMILES string of the molecule is Clc1ccc(Oc2ccc(C=Nc3ccc4cc[nH]c4c3)cc2)cc1. The van der Waals surface area contributed by atoms with Crippen LogP contribution in [-0.4, -0.2) is 11.2 Å². The van der Waals surface area contributed by atoms with Crippen molar-refractivity contribution >= 4 is 34.4 Å². The Morgan fingerprint density at radius 3 is 2.32 bits per heavy atom. The molecule has 4 aromatic rings. The number of hydrogen-bond acceptors (Lipinski definition) is 2. The maximum absolute atomic E-state index is 5.87. The van der Waals surface area contributed by atoms with Gasteiger partial charge in [0.15, 0.2) is 0 Å². The lowest BCUT2D eigenvalue weighted by Gasteiger charge is -2.05. The molecule has 4 heteroatoms. The monoisotopic (exact) mass is 346 g/mol. The van der Waals surface area contributed by atoms with E-state index in [9.17, 15) is 0 Å². The minimum Gasteiger partial charge on any atom is -0.457 e. The molecule has 0 atom stereocenters. The van der Waals surface area contributed by atoms with Gasteiger partial charge >= 0.3 is 0 Å². The van der Waals surface area contributed by atoms with E-state index in [1.165, 1.54) is 5.39 Å². The maximum atomic E-state index is 5.87. The normalized spacial score (nSPS) is 11.2. The van der Waals surface area contributed by atoms with Crippen LogP contribution in [0.3, 0.4) is 0 Å². The van der Waals surface area contributed by atoms with Gasteiger partial charge in [0.05, 0.1) is 5.69 Å². The standard InChI is InChI=1S/C21H15ClN2O/c22-17-4-9-20(10-5-17)25-19-7-1-15(2-8-19)14-24-18-6-3-16-11-12-23-21(16)13-18/h1-14,23H. The van der Waals surface area contributed by atoms with E-state index in [2.05, 4.69) is 16.0 Å². The molecule has 0 bridgehead atoms. The van der Waals surface area contributed by atoms with Gasteiger partial charge in [0.25, 0.3) is 0 Å². The second-order valence-electron chi connectivity index (χ2n) is 5.63. The van der Waals surface area contributed by atoms with Gasteiger partial charge in [0.2, 0.25) is 0 Å². The van der Waals surface area contributed by atoms with Crippen LogP contribution >= 0.6 is 11.6 Å². The fourth-order valence-electron chi connectivity index (χ4n) is 2.53. The number of aliphatic imine (C=N–C) groups is 1. The predicted molar refractivity (Wildman–Crippen MR) is 104 cm³/mol. The van der Waals surface area contributed by atoms with Crippen LogP contribution in [0.1, 0.15) is 5.56 Å². The molecule has 4 rings (SSSR count). The van der Waals surface area contributed by atoms with E-state index < -0.39 is 0 Å². The summed E-state index contributed by atoms with van der Waals surface area (Å²) >= 11 is 5.87. The van der Waals surface area contributed by atoms with E-state index in [4.69, 9.17) is 16.3 Å². The minimum absolute atomic E-state index is 0.691. The summed E-state index contributed by atoms with van der Waals surface area (Å²) < 4.78 is 5.78. The van der Waals surface area contributed by atoms with Crippen molar-refractivity contribution < 1.29 is 4.74 Å². The Bertz CT molecular complexity index is 1020. The van der Waals surface area contributed by atoms with Crippen molar-refractivity contribution in [2.45, 2.75) is 0 Å². The van der Waals surface area contributed by atoms with Gasteiger partial charge in [-0.05, 0) is 77.7 Å². The van der Waals surface area contributed by atoms with Crippen LogP contribution in [0.5, 0.6) is 11.5 Å². The Balaban J connectivity index is 1.46. The van der Waals surface area contributed by atoms with Crippen molar-refractivity contribution in [2.75, 3.05) is 0 Å². The highest BCUT2D eigenvalue weighted by Gasteiger charge is 1.98. The molecule has 0 aliphatic heterocycles. The van der Waals surface area contributed by atoms with E-state index >= 15 is 0 Å². The van der Waals surface area contributed by atoms with Crippen LogP contribution < -0.4 is 4.74 Å². The van der Waals surface area contributed by atoms with E-state index in [0.717, 1.165) is 28.3 Å².